The number of rotatable bonds is 6. The van der Waals surface area contributed by atoms with Crippen LogP contribution >= 0.6 is 0 Å². The van der Waals surface area contributed by atoms with Crippen molar-refractivity contribution in [1.82, 2.24) is 0 Å². The van der Waals surface area contributed by atoms with Crippen molar-refractivity contribution in [2.24, 2.45) is 35.5 Å². The zero-order chi connectivity index (χ0) is 23.4. The quantitative estimate of drug-likeness (QED) is 0.449. The minimum Gasteiger partial charge on any atom is -0.458 e. The smallest absolute Gasteiger partial charge is 0.338 e. The molecule has 4 heteroatoms. The lowest BCUT2D eigenvalue weighted by Crippen LogP contribution is -2.36. The van der Waals surface area contributed by atoms with Crippen LogP contribution in [0.1, 0.15) is 101 Å². The Bertz CT molecular complexity index is 701. The van der Waals surface area contributed by atoms with Crippen molar-refractivity contribution in [2.45, 2.75) is 92.3 Å². The molecule has 0 heterocycles. The van der Waals surface area contributed by atoms with Crippen molar-refractivity contribution >= 4 is 11.9 Å². The molecule has 0 bridgehead atoms. The first-order valence-electron chi connectivity index (χ1n) is 12.7. The second-order valence-electron chi connectivity index (χ2n) is 11.1. The molecule has 1 aromatic rings. The van der Waals surface area contributed by atoms with Crippen molar-refractivity contribution < 1.29 is 19.1 Å². The van der Waals surface area contributed by atoms with Crippen LogP contribution in [0.15, 0.2) is 24.3 Å². The standard InChI is InChI=1S/C28H42O4/c1-17(2)23-13-7-19(5)15-25(23)31-27(29)21-9-11-22(12-10-21)28(30)32-26-16-20(6)8-14-24(26)18(3)4/h9-12,17-20,23-26H,7-8,13-16H2,1-6H3/t19-,20+,23-,24-,25-,26-/m1/s1. The molecular formula is C28H42O4. The molecule has 0 aliphatic heterocycles. The van der Waals surface area contributed by atoms with Gasteiger partial charge in [-0.3, -0.25) is 0 Å². The van der Waals surface area contributed by atoms with Crippen LogP contribution in [0.3, 0.4) is 0 Å². The summed E-state index contributed by atoms with van der Waals surface area (Å²) in [6.45, 7) is 13.3. The third kappa shape index (κ3) is 6.14. The number of ether oxygens (including phenoxy) is 2. The van der Waals surface area contributed by atoms with E-state index in [1.807, 2.05) is 0 Å². The largest absolute Gasteiger partial charge is 0.458 e. The van der Waals surface area contributed by atoms with E-state index in [2.05, 4.69) is 41.5 Å². The monoisotopic (exact) mass is 442 g/mol. The van der Waals surface area contributed by atoms with Gasteiger partial charge >= 0.3 is 11.9 Å². The summed E-state index contributed by atoms with van der Waals surface area (Å²) in [4.78, 5) is 25.6. The highest BCUT2D eigenvalue weighted by Gasteiger charge is 2.35. The SMILES string of the molecule is CC(C)[C@H]1CC[C@@H](C)C[C@H]1OC(=O)c1ccc(C(=O)O[C@@H]2C[C@@H](C)CC[C@@H]2C(C)C)cc1. The van der Waals surface area contributed by atoms with E-state index in [0.717, 1.165) is 25.7 Å². The maximum atomic E-state index is 12.8. The Kier molecular flexibility index (Phi) is 8.41. The van der Waals surface area contributed by atoms with Gasteiger partial charge in [0.15, 0.2) is 0 Å². The van der Waals surface area contributed by atoms with Crippen LogP contribution in [0.4, 0.5) is 0 Å². The van der Waals surface area contributed by atoms with Gasteiger partial charge in [0.2, 0.25) is 0 Å². The van der Waals surface area contributed by atoms with E-state index in [1.54, 1.807) is 24.3 Å². The first kappa shape index (κ1) is 24.8. The second kappa shape index (κ2) is 10.9. The number of esters is 2. The maximum Gasteiger partial charge on any atom is 0.338 e. The van der Waals surface area contributed by atoms with Crippen molar-refractivity contribution in [3.63, 3.8) is 0 Å². The molecule has 0 amide bonds. The third-order valence-corrected chi connectivity index (χ3v) is 7.80. The lowest BCUT2D eigenvalue weighted by atomic mass is 9.75. The summed E-state index contributed by atoms with van der Waals surface area (Å²) >= 11 is 0. The van der Waals surface area contributed by atoms with Gasteiger partial charge in [-0.05, 0) is 85.5 Å². The number of carbonyl (C=O) groups is 2. The maximum absolute atomic E-state index is 12.8. The molecule has 0 aromatic heterocycles. The fraction of sp³-hybridized carbons (Fsp3) is 0.714. The van der Waals surface area contributed by atoms with E-state index in [1.165, 1.54) is 12.8 Å². The minimum absolute atomic E-state index is 0.0304. The molecule has 0 radical (unpaired) electrons. The van der Waals surface area contributed by atoms with Crippen molar-refractivity contribution in [2.75, 3.05) is 0 Å². The van der Waals surface area contributed by atoms with E-state index < -0.39 is 0 Å². The normalized spacial score (nSPS) is 30.9. The van der Waals surface area contributed by atoms with Gasteiger partial charge < -0.3 is 9.47 Å². The molecule has 32 heavy (non-hydrogen) atoms. The molecule has 6 atom stereocenters. The molecule has 0 spiro atoms. The average Bonchev–Trinajstić information content (AvgIpc) is 2.73. The molecule has 0 N–H and O–H groups in total. The van der Waals surface area contributed by atoms with Gasteiger partial charge in [0.1, 0.15) is 12.2 Å². The fourth-order valence-corrected chi connectivity index (χ4v) is 5.65. The topological polar surface area (TPSA) is 52.6 Å². The van der Waals surface area contributed by atoms with Crippen LogP contribution in [0, 0.1) is 35.5 Å². The lowest BCUT2D eigenvalue weighted by molar-refractivity contribution is -0.0185. The zero-order valence-corrected chi connectivity index (χ0v) is 20.8. The van der Waals surface area contributed by atoms with Gasteiger partial charge in [0.25, 0.3) is 0 Å². The predicted octanol–water partition coefficient (Wildman–Crippen LogP) is 6.92. The summed E-state index contributed by atoms with van der Waals surface area (Å²) in [6.07, 6.45) is 6.41. The Hall–Kier alpha value is -1.84. The summed E-state index contributed by atoms with van der Waals surface area (Å²) in [6, 6.07) is 6.77. The number of benzene rings is 1. The van der Waals surface area contributed by atoms with Gasteiger partial charge in [-0.15, -0.1) is 0 Å². The molecule has 0 unspecified atom stereocenters. The molecular weight excluding hydrogens is 400 g/mol. The van der Waals surface area contributed by atoms with Gasteiger partial charge in [-0.2, -0.15) is 0 Å². The Morgan fingerprint density at radius 2 is 1.03 bits per heavy atom. The Labute approximate surface area is 194 Å². The van der Waals surface area contributed by atoms with Crippen LogP contribution in [-0.4, -0.2) is 24.1 Å². The molecule has 2 aliphatic rings. The van der Waals surface area contributed by atoms with Crippen LogP contribution in [0.25, 0.3) is 0 Å². The molecule has 2 fully saturated rings. The zero-order valence-electron chi connectivity index (χ0n) is 20.8. The van der Waals surface area contributed by atoms with E-state index in [9.17, 15) is 9.59 Å². The van der Waals surface area contributed by atoms with E-state index in [0.29, 0.717) is 46.6 Å². The molecule has 178 valence electrons. The van der Waals surface area contributed by atoms with Crippen molar-refractivity contribution in [3.8, 4) is 0 Å². The summed E-state index contributed by atoms with van der Waals surface area (Å²) in [5.74, 6) is 2.39. The molecule has 3 rings (SSSR count). The highest BCUT2D eigenvalue weighted by atomic mass is 16.5. The highest BCUT2D eigenvalue weighted by Crippen LogP contribution is 2.37. The van der Waals surface area contributed by atoms with Gasteiger partial charge in [0.05, 0.1) is 11.1 Å². The van der Waals surface area contributed by atoms with Gasteiger partial charge in [-0.1, -0.05) is 54.4 Å². The summed E-state index contributed by atoms with van der Waals surface area (Å²) in [5.41, 5.74) is 0.988. The number of hydrogen-bond donors (Lipinski definition) is 0. The first-order valence-corrected chi connectivity index (χ1v) is 12.7. The summed E-state index contributed by atoms with van der Waals surface area (Å²) in [7, 11) is 0. The summed E-state index contributed by atoms with van der Waals surface area (Å²) in [5, 5.41) is 0. The second-order valence-corrected chi connectivity index (χ2v) is 11.1. The van der Waals surface area contributed by atoms with Crippen molar-refractivity contribution in [3.05, 3.63) is 35.4 Å². The Morgan fingerprint density at radius 3 is 1.34 bits per heavy atom. The molecule has 4 nitrogen and oxygen atoms in total. The summed E-state index contributed by atoms with van der Waals surface area (Å²) < 4.78 is 11.9. The predicted molar refractivity (Wildman–Crippen MR) is 128 cm³/mol. The first-order chi connectivity index (χ1) is 15.2. The van der Waals surface area contributed by atoms with Crippen LogP contribution in [-0.2, 0) is 9.47 Å². The van der Waals surface area contributed by atoms with Crippen LogP contribution < -0.4 is 0 Å². The van der Waals surface area contributed by atoms with Crippen molar-refractivity contribution in [1.29, 1.82) is 0 Å². The Morgan fingerprint density at radius 1 is 0.688 bits per heavy atom. The van der Waals surface area contributed by atoms with Gasteiger partial charge in [-0.25, -0.2) is 9.59 Å². The van der Waals surface area contributed by atoms with E-state index in [4.69, 9.17) is 9.47 Å². The number of carbonyl (C=O) groups excluding carboxylic acids is 2. The molecule has 2 aliphatic carbocycles. The number of hydrogen-bond acceptors (Lipinski definition) is 4. The minimum atomic E-state index is -0.296. The van der Waals surface area contributed by atoms with Crippen LogP contribution in [0.2, 0.25) is 0 Å². The fourth-order valence-electron chi connectivity index (χ4n) is 5.65. The average molecular weight is 443 g/mol. The van der Waals surface area contributed by atoms with Gasteiger partial charge in [0, 0.05) is 0 Å². The van der Waals surface area contributed by atoms with E-state index >= 15 is 0 Å². The lowest BCUT2D eigenvalue weighted by Gasteiger charge is -2.36. The highest BCUT2D eigenvalue weighted by molar-refractivity contribution is 5.93. The third-order valence-electron chi connectivity index (χ3n) is 7.80. The van der Waals surface area contributed by atoms with Crippen LogP contribution in [0.5, 0.6) is 0 Å². The molecule has 1 aromatic carbocycles. The molecule has 2 saturated carbocycles. The van der Waals surface area contributed by atoms with E-state index in [-0.39, 0.29) is 24.1 Å². The molecule has 0 saturated heterocycles. The Balaban J connectivity index is 1.62.